The largest absolute Gasteiger partial charge is 0.503 e. The van der Waals surface area contributed by atoms with E-state index in [0.29, 0.717) is 0 Å². The highest BCUT2D eigenvalue weighted by Crippen LogP contribution is 2.06. The number of hydrogen-bond donors (Lipinski definition) is 2. The molecule has 0 amide bonds. The number of nitrogens with zero attached hydrogens (tertiary/aromatic N) is 2. The molecule has 1 heterocycles. The van der Waals surface area contributed by atoms with Crippen molar-refractivity contribution in [3.05, 3.63) is 36.5 Å². The van der Waals surface area contributed by atoms with E-state index in [1.54, 1.807) is 6.20 Å². The van der Waals surface area contributed by atoms with Crippen LogP contribution in [0, 0.1) is 0 Å². The fourth-order valence-corrected chi connectivity index (χ4v) is 0.929. The SMILES string of the molecule is O=C(O)O.c1ccc2nnccc2c1. The standard InChI is InChI=1S/C8H6N2.CH2O3/c1-2-4-8-7(3-1)5-6-9-10-8;2-1(3)4/h1-6H;(H2,2,3,4). The van der Waals surface area contributed by atoms with Crippen LogP contribution >= 0.6 is 0 Å². The van der Waals surface area contributed by atoms with E-state index < -0.39 is 6.16 Å². The fourth-order valence-electron chi connectivity index (χ4n) is 0.929. The zero-order chi connectivity index (χ0) is 10.4. The maximum Gasteiger partial charge on any atom is 0.503 e. The first-order valence-corrected chi connectivity index (χ1v) is 3.78. The van der Waals surface area contributed by atoms with Crippen LogP contribution in [0.4, 0.5) is 4.79 Å². The molecule has 2 N–H and O–H groups in total. The fraction of sp³-hybridized carbons (Fsp3) is 0. The summed E-state index contributed by atoms with van der Waals surface area (Å²) >= 11 is 0. The summed E-state index contributed by atoms with van der Waals surface area (Å²) < 4.78 is 0. The second-order valence-corrected chi connectivity index (χ2v) is 2.37. The van der Waals surface area contributed by atoms with Crippen molar-refractivity contribution in [2.45, 2.75) is 0 Å². The van der Waals surface area contributed by atoms with Crippen molar-refractivity contribution < 1.29 is 15.0 Å². The highest BCUT2D eigenvalue weighted by Gasteiger charge is 1.87. The van der Waals surface area contributed by atoms with Crippen LogP contribution in [0.5, 0.6) is 0 Å². The van der Waals surface area contributed by atoms with Crippen LogP contribution in [0.15, 0.2) is 36.5 Å². The summed E-state index contributed by atoms with van der Waals surface area (Å²) in [5.74, 6) is 0. The molecule has 72 valence electrons. The van der Waals surface area contributed by atoms with Crippen LogP contribution in [0.1, 0.15) is 0 Å². The molecule has 1 aromatic heterocycles. The third kappa shape index (κ3) is 3.06. The van der Waals surface area contributed by atoms with E-state index in [2.05, 4.69) is 10.2 Å². The number of rotatable bonds is 0. The van der Waals surface area contributed by atoms with Gasteiger partial charge >= 0.3 is 6.16 Å². The summed E-state index contributed by atoms with van der Waals surface area (Å²) in [5, 5.41) is 22.8. The van der Waals surface area contributed by atoms with Gasteiger partial charge in [-0.2, -0.15) is 10.2 Å². The highest BCUT2D eigenvalue weighted by molar-refractivity contribution is 5.77. The van der Waals surface area contributed by atoms with E-state index in [0.717, 1.165) is 10.9 Å². The van der Waals surface area contributed by atoms with Crippen molar-refractivity contribution in [3.8, 4) is 0 Å². The Labute approximate surface area is 79.6 Å². The zero-order valence-corrected chi connectivity index (χ0v) is 7.16. The lowest BCUT2D eigenvalue weighted by atomic mass is 10.2. The lowest BCUT2D eigenvalue weighted by molar-refractivity contribution is 0.137. The second-order valence-electron chi connectivity index (χ2n) is 2.37. The minimum Gasteiger partial charge on any atom is -0.450 e. The van der Waals surface area contributed by atoms with Crippen LogP contribution in [-0.2, 0) is 0 Å². The van der Waals surface area contributed by atoms with Crippen LogP contribution < -0.4 is 0 Å². The Balaban J connectivity index is 0.000000213. The Morgan fingerprint density at radius 1 is 1.14 bits per heavy atom. The number of carboxylic acid groups (broad SMARTS) is 2. The molecule has 0 fully saturated rings. The van der Waals surface area contributed by atoms with E-state index in [4.69, 9.17) is 15.0 Å². The number of carbonyl (C=O) groups is 1. The maximum atomic E-state index is 8.56. The van der Waals surface area contributed by atoms with Gasteiger partial charge in [0.2, 0.25) is 0 Å². The number of aromatic nitrogens is 2. The molecule has 5 nitrogen and oxygen atoms in total. The molecule has 0 aliphatic rings. The lowest BCUT2D eigenvalue weighted by Crippen LogP contribution is -1.81. The van der Waals surface area contributed by atoms with Gasteiger partial charge in [-0.15, -0.1) is 0 Å². The van der Waals surface area contributed by atoms with Crippen molar-refractivity contribution in [1.29, 1.82) is 0 Å². The Morgan fingerprint density at radius 3 is 2.43 bits per heavy atom. The maximum absolute atomic E-state index is 8.56. The van der Waals surface area contributed by atoms with Gasteiger partial charge < -0.3 is 10.2 Å². The van der Waals surface area contributed by atoms with E-state index in [1.807, 2.05) is 30.3 Å². The molecule has 2 aromatic rings. The molecule has 14 heavy (non-hydrogen) atoms. The van der Waals surface area contributed by atoms with Crippen LogP contribution in [0.2, 0.25) is 0 Å². The van der Waals surface area contributed by atoms with E-state index in [1.165, 1.54) is 0 Å². The molecule has 1 aromatic carbocycles. The van der Waals surface area contributed by atoms with Crippen molar-refractivity contribution in [2.24, 2.45) is 0 Å². The number of fused-ring (bicyclic) bond motifs is 1. The normalized spacial score (nSPS) is 8.86. The third-order valence-corrected chi connectivity index (χ3v) is 1.42. The van der Waals surface area contributed by atoms with Crippen LogP contribution in [0.25, 0.3) is 10.9 Å². The third-order valence-electron chi connectivity index (χ3n) is 1.42. The summed E-state index contributed by atoms with van der Waals surface area (Å²) in [4.78, 5) is 8.56. The molecule has 0 spiro atoms. The molecule has 0 unspecified atom stereocenters. The number of hydrogen-bond acceptors (Lipinski definition) is 3. The topological polar surface area (TPSA) is 83.3 Å². The summed E-state index contributed by atoms with van der Waals surface area (Å²) in [6, 6.07) is 9.86. The molecule has 5 heteroatoms. The van der Waals surface area contributed by atoms with Gasteiger partial charge in [0.25, 0.3) is 0 Å². The molecule has 2 rings (SSSR count). The van der Waals surface area contributed by atoms with E-state index >= 15 is 0 Å². The molecule has 0 saturated heterocycles. The van der Waals surface area contributed by atoms with Gasteiger partial charge in [0.1, 0.15) is 0 Å². The minimum absolute atomic E-state index is 0.949. The van der Waals surface area contributed by atoms with Crippen molar-refractivity contribution in [1.82, 2.24) is 10.2 Å². The Morgan fingerprint density at radius 2 is 1.79 bits per heavy atom. The summed E-state index contributed by atoms with van der Waals surface area (Å²) in [6.07, 6.45) is -0.137. The predicted molar refractivity (Wildman–Crippen MR) is 50.2 cm³/mol. The molecule has 0 aliphatic carbocycles. The lowest BCUT2D eigenvalue weighted by Gasteiger charge is -1.90. The first-order chi connectivity index (χ1) is 6.70. The Kier molecular flexibility index (Phi) is 3.37. The smallest absolute Gasteiger partial charge is 0.450 e. The van der Waals surface area contributed by atoms with Gasteiger partial charge in [0.15, 0.2) is 0 Å². The first kappa shape index (κ1) is 9.91. The highest BCUT2D eigenvalue weighted by atomic mass is 16.6. The summed E-state index contributed by atoms with van der Waals surface area (Å²) in [7, 11) is 0. The molecule has 0 radical (unpaired) electrons. The predicted octanol–water partition coefficient (Wildman–Crippen LogP) is 1.85. The molecule has 0 bridgehead atoms. The Bertz CT molecular complexity index is 362. The average Bonchev–Trinajstić information content (AvgIpc) is 2.17. The molecule has 0 aliphatic heterocycles. The van der Waals surface area contributed by atoms with Crippen LogP contribution in [0.3, 0.4) is 0 Å². The van der Waals surface area contributed by atoms with Gasteiger partial charge in [-0.05, 0) is 12.1 Å². The van der Waals surface area contributed by atoms with Crippen LogP contribution in [-0.4, -0.2) is 26.6 Å². The van der Waals surface area contributed by atoms with E-state index in [9.17, 15) is 0 Å². The Hall–Kier alpha value is -2.17. The van der Waals surface area contributed by atoms with Crippen molar-refractivity contribution >= 4 is 17.1 Å². The molecular formula is C9H8N2O3. The average molecular weight is 192 g/mol. The monoisotopic (exact) mass is 192 g/mol. The molecular weight excluding hydrogens is 184 g/mol. The van der Waals surface area contributed by atoms with Gasteiger partial charge in [-0.25, -0.2) is 4.79 Å². The molecule has 0 atom stereocenters. The van der Waals surface area contributed by atoms with Gasteiger partial charge in [-0.3, -0.25) is 0 Å². The minimum atomic E-state index is -1.83. The quantitative estimate of drug-likeness (QED) is 0.665. The van der Waals surface area contributed by atoms with Crippen molar-refractivity contribution in [3.63, 3.8) is 0 Å². The summed E-state index contributed by atoms with van der Waals surface area (Å²) in [5.41, 5.74) is 0.949. The number of benzene rings is 1. The van der Waals surface area contributed by atoms with Gasteiger partial charge in [-0.1, -0.05) is 18.2 Å². The first-order valence-electron chi connectivity index (χ1n) is 3.78. The van der Waals surface area contributed by atoms with Gasteiger partial charge in [0.05, 0.1) is 11.7 Å². The summed E-state index contributed by atoms with van der Waals surface area (Å²) in [6.45, 7) is 0. The second kappa shape index (κ2) is 4.76. The molecule has 0 saturated carbocycles. The van der Waals surface area contributed by atoms with Crippen molar-refractivity contribution in [2.75, 3.05) is 0 Å². The van der Waals surface area contributed by atoms with Gasteiger partial charge in [0, 0.05) is 5.39 Å². The van der Waals surface area contributed by atoms with E-state index in [-0.39, 0.29) is 0 Å². The zero-order valence-electron chi connectivity index (χ0n) is 7.16.